The van der Waals surface area contributed by atoms with Crippen LogP contribution in [0.15, 0.2) is 24.3 Å². The predicted octanol–water partition coefficient (Wildman–Crippen LogP) is 10.1. The first kappa shape index (κ1) is 34.0. The Balaban J connectivity index is -0.000000132. The van der Waals surface area contributed by atoms with E-state index in [2.05, 4.69) is 46.8 Å². The number of hydrogen-bond donors (Lipinski definition) is 0. The molecule has 4 unspecified atom stereocenters. The Hall–Kier alpha value is -0.590. The maximum atomic E-state index is 12.7. The Kier molecular flexibility index (Phi) is 34.7. The summed E-state index contributed by atoms with van der Waals surface area (Å²) in [5.41, 5.74) is 0. The van der Waals surface area contributed by atoms with Crippen LogP contribution in [-0.4, -0.2) is 6.17 Å². The van der Waals surface area contributed by atoms with Crippen LogP contribution in [-0.2, 0) is 0 Å². The third kappa shape index (κ3) is 25.4. The van der Waals surface area contributed by atoms with Crippen molar-refractivity contribution in [1.29, 1.82) is 0 Å². The van der Waals surface area contributed by atoms with Crippen LogP contribution in [0, 0.1) is 23.7 Å². The van der Waals surface area contributed by atoms with E-state index < -0.39 is 6.17 Å². The summed E-state index contributed by atoms with van der Waals surface area (Å²) in [5, 5.41) is 0. The summed E-state index contributed by atoms with van der Waals surface area (Å²) in [6.45, 7) is 25.0. The van der Waals surface area contributed by atoms with Gasteiger partial charge in [-0.1, -0.05) is 114 Å². The molecule has 0 fully saturated rings. The van der Waals surface area contributed by atoms with Crippen molar-refractivity contribution in [2.24, 2.45) is 23.7 Å². The van der Waals surface area contributed by atoms with Gasteiger partial charge < -0.3 is 0 Å². The summed E-state index contributed by atoms with van der Waals surface area (Å²) in [5.74, 6) is 2.57. The monoisotopic (exact) mass is 386 g/mol. The van der Waals surface area contributed by atoms with Crippen LogP contribution in [0.5, 0.6) is 0 Å². The van der Waals surface area contributed by atoms with E-state index in [-0.39, 0.29) is 5.92 Å². The quantitative estimate of drug-likeness (QED) is 0.393. The standard InChI is InChI=1S/C8H13F.C7H12.C5H12.3C2H6/c1-6-4-3-5-8(9)7(6)2;1-7-5-3-2-4-6-7;1-4-5(2)3;3*1-2/h3,5-8H,4H2,1-2H3;2-3,7H,4-6H2,1H3;5H,4H2,1-3H3;3*1-2H3. The van der Waals surface area contributed by atoms with Gasteiger partial charge in [-0.15, -0.1) is 0 Å². The van der Waals surface area contributed by atoms with E-state index in [0.717, 1.165) is 18.3 Å². The molecule has 0 bridgehead atoms. The zero-order valence-electron chi connectivity index (χ0n) is 21.1. The molecule has 0 N–H and O–H groups in total. The molecular formula is C26H55F. The van der Waals surface area contributed by atoms with Crippen LogP contribution in [0.1, 0.15) is 115 Å². The Bertz CT molecular complexity index is 291. The zero-order chi connectivity index (χ0) is 22.3. The fourth-order valence-electron chi connectivity index (χ4n) is 2.07. The molecular weight excluding hydrogens is 331 g/mol. The predicted molar refractivity (Wildman–Crippen MR) is 128 cm³/mol. The van der Waals surface area contributed by atoms with Crippen molar-refractivity contribution in [1.82, 2.24) is 0 Å². The van der Waals surface area contributed by atoms with Gasteiger partial charge in [0, 0.05) is 0 Å². The highest BCUT2D eigenvalue weighted by Gasteiger charge is 2.22. The molecule has 2 aliphatic rings. The maximum Gasteiger partial charge on any atom is 0.121 e. The molecule has 0 aliphatic heterocycles. The second-order valence-electron chi connectivity index (χ2n) is 7.14. The maximum absolute atomic E-state index is 12.7. The van der Waals surface area contributed by atoms with E-state index in [9.17, 15) is 4.39 Å². The fraction of sp³-hybridized carbons (Fsp3) is 0.846. The molecule has 0 amide bonds. The average Bonchev–Trinajstić information content (AvgIpc) is 2.72. The van der Waals surface area contributed by atoms with Crippen molar-refractivity contribution in [2.75, 3.05) is 0 Å². The number of alkyl halides is 1. The van der Waals surface area contributed by atoms with E-state index in [0.29, 0.717) is 5.92 Å². The first-order valence-corrected chi connectivity index (χ1v) is 11.8. The molecule has 4 atom stereocenters. The third-order valence-corrected chi connectivity index (χ3v) is 4.58. The first-order chi connectivity index (χ1) is 12.9. The molecule has 2 rings (SSSR count). The summed E-state index contributed by atoms with van der Waals surface area (Å²) in [6.07, 6.45) is 13.8. The molecule has 1 heteroatoms. The lowest BCUT2D eigenvalue weighted by Gasteiger charge is -2.23. The lowest BCUT2D eigenvalue weighted by Crippen LogP contribution is -2.21. The summed E-state index contributed by atoms with van der Waals surface area (Å²) in [4.78, 5) is 0. The molecule has 166 valence electrons. The Morgan fingerprint density at radius 3 is 1.56 bits per heavy atom. The van der Waals surface area contributed by atoms with Crippen LogP contribution >= 0.6 is 0 Å². The smallest absolute Gasteiger partial charge is 0.121 e. The number of halogens is 1. The molecule has 0 saturated heterocycles. The number of allylic oxidation sites excluding steroid dienone is 4. The molecule has 0 aromatic carbocycles. The lowest BCUT2D eigenvalue weighted by atomic mass is 9.85. The van der Waals surface area contributed by atoms with Gasteiger partial charge in [-0.25, -0.2) is 4.39 Å². The summed E-state index contributed by atoms with van der Waals surface area (Å²) in [7, 11) is 0. The van der Waals surface area contributed by atoms with Crippen molar-refractivity contribution in [2.45, 2.75) is 121 Å². The van der Waals surface area contributed by atoms with Crippen molar-refractivity contribution >= 4 is 0 Å². The topological polar surface area (TPSA) is 0 Å². The molecule has 0 nitrogen and oxygen atoms in total. The summed E-state index contributed by atoms with van der Waals surface area (Å²) < 4.78 is 12.7. The second-order valence-corrected chi connectivity index (χ2v) is 7.14. The Morgan fingerprint density at radius 1 is 0.852 bits per heavy atom. The molecule has 0 spiro atoms. The molecule has 0 radical (unpaired) electrons. The van der Waals surface area contributed by atoms with E-state index in [1.165, 1.54) is 25.7 Å². The average molecular weight is 387 g/mol. The third-order valence-electron chi connectivity index (χ3n) is 4.58. The normalized spacial score (nSPS) is 24.8. The van der Waals surface area contributed by atoms with E-state index in [4.69, 9.17) is 0 Å². The van der Waals surface area contributed by atoms with Crippen molar-refractivity contribution < 1.29 is 4.39 Å². The highest BCUT2D eigenvalue weighted by Crippen LogP contribution is 2.26. The minimum atomic E-state index is -0.700. The molecule has 0 heterocycles. The van der Waals surface area contributed by atoms with Gasteiger partial charge in [0.15, 0.2) is 0 Å². The van der Waals surface area contributed by atoms with E-state index in [1.807, 2.05) is 54.5 Å². The van der Waals surface area contributed by atoms with Crippen LogP contribution in [0.3, 0.4) is 0 Å². The molecule has 0 aromatic heterocycles. The van der Waals surface area contributed by atoms with Gasteiger partial charge in [0.1, 0.15) is 6.17 Å². The number of hydrogen-bond acceptors (Lipinski definition) is 0. The van der Waals surface area contributed by atoms with Crippen LogP contribution in [0.4, 0.5) is 4.39 Å². The Morgan fingerprint density at radius 2 is 1.33 bits per heavy atom. The van der Waals surface area contributed by atoms with Gasteiger partial charge in [-0.3, -0.25) is 0 Å². The zero-order valence-corrected chi connectivity index (χ0v) is 21.1. The first-order valence-electron chi connectivity index (χ1n) is 11.8. The van der Waals surface area contributed by atoms with Gasteiger partial charge in [-0.2, -0.15) is 0 Å². The lowest BCUT2D eigenvalue weighted by molar-refractivity contribution is 0.219. The second kappa shape index (κ2) is 27.6. The van der Waals surface area contributed by atoms with E-state index in [1.54, 1.807) is 6.08 Å². The summed E-state index contributed by atoms with van der Waals surface area (Å²) in [6, 6.07) is 0. The molecule has 2 aliphatic carbocycles. The van der Waals surface area contributed by atoms with Crippen LogP contribution in [0.2, 0.25) is 0 Å². The summed E-state index contributed by atoms with van der Waals surface area (Å²) >= 11 is 0. The van der Waals surface area contributed by atoms with Crippen LogP contribution < -0.4 is 0 Å². The largest absolute Gasteiger partial charge is 0.243 e. The van der Waals surface area contributed by atoms with Gasteiger partial charge >= 0.3 is 0 Å². The van der Waals surface area contributed by atoms with Gasteiger partial charge in [0.25, 0.3) is 0 Å². The van der Waals surface area contributed by atoms with Gasteiger partial charge in [-0.05, 0) is 49.4 Å². The Labute approximate surface area is 174 Å². The highest BCUT2D eigenvalue weighted by atomic mass is 19.1. The van der Waals surface area contributed by atoms with E-state index >= 15 is 0 Å². The van der Waals surface area contributed by atoms with Gasteiger partial charge in [0.2, 0.25) is 0 Å². The molecule has 27 heavy (non-hydrogen) atoms. The van der Waals surface area contributed by atoms with Crippen molar-refractivity contribution in [3.05, 3.63) is 24.3 Å². The minimum absolute atomic E-state index is 0.218. The SMILES string of the molecule is CC.CC.CC.CC1CC=CC(F)C1C.CC1CC=CCC1.CCC(C)C. The van der Waals surface area contributed by atoms with Gasteiger partial charge in [0.05, 0.1) is 0 Å². The molecule has 0 saturated carbocycles. The number of rotatable bonds is 1. The minimum Gasteiger partial charge on any atom is -0.243 e. The van der Waals surface area contributed by atoms with Crippen molar-refractivity contribution in [3.63, 3.8) is 0 Å². The molecule has 0 aromatic rings. The van der Waals surface area contributed by atoms with Crippen molar-refractivity contribution in [3.8, 4) is 0 Å². The highest BCUT2D eigenvalue weighted by molar-refractivity contribution is 4.98. The van der Waals surface area contributed by atoms with Crippen LogP contribution in [0.25, 0.3) is 0 Å². The fourth-order valence-corrected chi connectivity index (χ4v) is 2.07.